The molecule has 2 aromatic carbocycles. The molecule has 0 bridgehead atoms. The van der Waals surface area contributed by atoms with E-state index in [9.17, 15) is 0 Å². The maximum atomic E-state index is 4.77. The molecule has 2 aromatic heterocycles. The molecule has 0 aliphatic carbocycles. The minimum Gasteiger partial charge on any atom is -0.325 e. The third-order valence-corrected chi connectivity index (χ3v) is 4.63. The van der Waals surface area contributed by atoms with Gasteiger partial charge in [-0.1, -0.05) is 54.1 Å². The highest BCUT2D eigenvalue weighted by Gasteiger charge is 2.17. The van der Waals surface area contributed by atoms with E-state index in [0.717, 1.165) is 29.1 Å². The van der Waals surface area contributed by atoms with Gasteiger partial charge in [-0.25, -0.2) is 4.98 Å². The first-order valence-electron chi connectivity index (χ1n) is 8.77. The van der Waals surface area contributed by atoms with Crippen LogP contribution in [-0.2, 0) is 13.6 Å². The minimum atomic E-state index is 0.746. The number of aryl methyl sites for hydroxylation is 3. The summed E-state index contributed by atoms with van der Waals surface area (Å²) in [6.45, 7) is 5.04. The van der Waals surface area contributed by atoms with Crippen molar-refractivity contribution in [3.05, 3.63) is 83.9 Å². The summed E-state index contributed by atoms with van der Waals surface area (Å²) in [6, 6.07) is 17.0. The second-order valence-electron chi connectivity index (χ2n) is 6.78. The van der Waals surface area contributed by atoms with E-state index in [1.807, 2.05) is 36.5 Å². The van der Waals surface area contributed by atoms with Crippen LogP contribution >= 0.6 is 0 Å². The van der Waals surface area contributed by atoms with E-state index in [-0.39, 0.29) is 0 Å². The predicted molar refractivity (Wildman–Crippen MR) is 105 cm³/mol. The van der Waals surface area contributed by atoms with Crippen LogP contribution in [0.5, 0.6) is 0 Å². The van der Waals surface area contributed by atoms with Crippen LogP contribution in [0.3, 0.4) is 0 Å². The van der Waals surface area contributed by atoms with Gasteiger partial charge in [-0.3, -0.25) is 4.68 Å². The molecule has 4 aromatic rings. The molecule has 130 valence electrons. The van der Waals surface area contributed by atoms with Gasteiger partial charge in [0.15, 0.2) is 0 Å². The van der Waals surface area contributed by atoms with Crippen molar-refractivity contribution in [1.29, 1.82) is 0 Å². The van der Waals surface area contributed by atoms with Gasteiger partial charge in [0.05, 0.1) is 30.5 Å². The lowest BCUT2D eigenvalue weighted by molar-refractivity contribution is 0.763. The summed E-state index contributed by atoms with van der Waals surface area (Å²) in [5.41, 5.74) is 8.21. The Labute approximate surface area is 153 Å². The number of hydrogen-bond donors (Lipinski definition) is 0. The lowest BCUT2D eigenvalue weighted by Gasteiger charge is -2.13. The van der Waals surface area contributed by atoms with Crippen molar-refractivity contribution < 1.29 is 0 Å². The van der Waals surface area contributed by atoms with Crippen molar-refractivity contribution in [1.82, 2.24) is 19.3 Å². The topological polar surface area (TPSA) is 35.6 Å². The Kier molecular flexibility index (Phi) is 4.17. The van der Waals surface area contributed by atoms with Gasteiger partial charge in [-0.05, 0) is 19.4 Å². The van der Waals surface area contributed by atoms with Gasteiger partial charge in [0, 0.05) is 29.9 Å². The lowest BCUT2D eigenvalue weighted by Crippen LogP contribution is -2.01. The highest BCUT2D eigenvalue weighted by atomic mass is 15.2. The quantitative estimate of drug-likeness (QED) is 0.543. The zero-order valence-electron chi connectivity index (χ0n) is 15.3. The molecule has 0 atom stereocenters. The van der Waals surface area contributed by atoms with E-state index < -0.39 is 0 Å². The zero-order valence-corrected chi connectivity index (χ0v) is 15.3. The third kappa shape index (κ3) is 3.06. The van der Waals surface area contributed by atoms with E-state index in [4.69, 9.17) is 4.98 Å². The van der Waals surface area contributed by atoms with Crippen molar-refractivity contribution in [2.75, 3.05) is 0 Å². The van der Waals surface area contributed by atoms with Crippen LogP contribution in [0.15, 0.2) is 67.3 Å². The highest BCUT2D eigenvalue weighted by molar-refractivity contribution is 5.80. The molecule has 4 rings (SSSR count). The molecule has 2 heterocycles. The SMILES string of the molecule is Cc1ccc(-c2c(-c3ccccc3)ncn2Cc2cnn(C)c2)c(C)c1. The Balaban J connectivity index is 1.88. The average Bonchev–Trinajstić information content (AvgIpc) is 3.23. The molecule has 0 aliphatic rings. The number of benzene rings is 2. The van der Waals surface area contributed by atoms with E-state index in [1.54, 1.807) is 0 Å². The van der Waals surface area contributed by atoms with Crippen molar-refractivity contribution in [2.45, 2.75) is 20.4 Å². The normalized spacial score (nSPS) is 11.0. The van der Waals surface area contributed by atoms with Crippen LogP contribution in [0.25, 0.3) is 22.5 Å². The predicted octanol–water partition coefficient (Wildman–Crippen LogP) is 4.62. The van der Waals surface area contributed by atoms with Crippen molar-refractivity contribution in [3.63, 3.8) is 0 Å². The van der Waals surface area contributed by atoms with E-state index >= 15 is 0 Å². The number of imidazole rings is 1. The molecule has 0 N–H and O–H groups in total. The van der Waals surface area contributed by atoms with E-state index in [1.165, 1.54) is 16.7 Å². The fraction of sp³-hybridized carbons (Fsp3) is 0.182. The Morgan fingerprint density at radius 2 is 1.81 bits per heavy atom. The molecular weight excluding hydrogens is 320 g/mol. The molecule has 0 aliphatic heterocycles. The summed E-state index contributed by atoms with van der Waals surface area (Å²) in [5, 5.41) is 4.29. The first-order chi connectivity index (χ1) is 12.6. The van der Waals surface area contributed by atoms with Crippen molar-refractivity contribution in [3.8, 4) is 22.5 Å². The summed E-state index contributed by atoms with van der Waals surface area (Å²) in [4.78, 5) is 4.77. The number of aromatic nitrogens is 4. The van der Waals surface area contributed by atoms with E-state index in [2.05, 4.69) is 66.0 Å². The van der Waals surface area contributed by atoms with Crippen LogP contribution < -0.4 is 0 Å². The van der Waals surface area contributed by atoms with Crippen LogP contribution in [0.2, 0.25) is 0 Å². The monoisotopic (exact) mass is 342 g/mol. The molecule has 0 saturated carbocycles. The first-order valence-corrected chi connectivity index (χ1v) is 8.77. The van der Waals surface area contributed by atoms with Crippen LogP contribution in [-0.4, -0.2) is 19.3 Å². The molecule has 0 spiro atoms. The Hall–Kier alpha value is -3.14. The van der Waals surface area contributed by atoms with Gasteiger partial charge in [-0.15, -0.1) is 0 Å². The molecule has 4 nitrogen and oxygen atoms in total. The third-order valence-electron chi connectivity index (χ3n) is 4.63. The summed E-state index contributed by atoms with van der Waals surface area (Å²) in [7, 11) is 1.94. The second-order valence-corrected chi connectivity index (χ2v) is 6.78. The molecule has 0 amide bonds. The highest BCUT2D eigenvalue weighted by Crippen LogP contribution is 2.33. The Bertz CT molecular complexity index is 1040. The lowest BCUT2D eigenvalue weighted by atomic mass is 9.99. The molecule has 0 saturated heterocycles. The molecule has 4 heteroatoms. The van der Waals surface area contributed by atoms with Crippen LogP contribution in [0.4, 0.5) is 0 Å². The number of hydrogen-bond acceptors (Lipinski definition) is 2. The summed E-state index contributed by atoms with van der Waals surface area (Å²) >= 11 is 0. The van der Waals surface area contributed by atoms with Crippen molar-refractivity contribution >= 4 is 0 Å². The number of rotatable bonds is 4. The molecule has 0 unspecified atom stereocenters. The van der Waals surface area contributed by atoms with Gasteiger partial charge in [0.1, 0.15) is 0 Å². The maximum Gasteiger partial charge on any atom is 0.0963 e. The summed E-state index contributed by atoms with van der Waals surface area (Å²) in [6.07, 6.45) is 5.89. The molecular formula is C22H22N4. The standard InChI is InChI=1S/C22H22N4/c1-16-9-10-20(17(2)11-16)22-21(19-7-5-4-6-8-19)23-15-26(22)14-18-12-24-25(3)13-18/h4-13,15H,14H2,1-3H3. The number of nitrogens with zero attached hydrogens (tertiary/aromatic N) is 4. The minimum absolute atomic E-state index is 0.746. The fourth-order valence-corrected chi connectivity index (χ4v) is 3.42. The fourth-order valence-electron chi connectivity index (χ4n) is 3.42. The van der Waals surface area contributed by atoms with Gasteiger partial charge >= 0.3 is 0 Å². The van der Waals surface area contributed by atoms with Gasteiger partial charge < -0.3 is 4.57 Å². The smallest absolute Gasteiger partial charge is 0.0963 e. The second kappa shape index (κ2) is 6.64. The van der Waals surface area contributed by atoms with Crippen LogP contribution in [0.1, 0.15) is 16.7 Å². The van der Waals surface area contributed by atoms with Crippen LogP contribution in [0, 0.1) is 13.8 Å². The Morgan fingerprint density at radius 3 is 2.50 bits per heavy atom. The first kappa shape index (κ1) is 16.3. The van der Waals surface area contributed by atoms with E-state index in [0.29, 0.717) is 0 Å². The van der Waals surface area contributed by atoms with Crippen molar-refractivity contribution in [2.24, 2.45) is 7.05 Å². The van der Waals surface area contributed by atoms with Gasteiger partial charge in [0.25, 0.3) is 0 Å². The molecule has 0 radical (unpaired) electrons. The largest absolute Gasteiger partial charge is 0.325 e. The Morgan fingerprint density at radius 1 is 1.00 bits per heavy atom. The summed E-state index contributed by atoms with van der Waals surface area (Å²) < 4.78 is 4.05. The average molecular weight is 342 g/mol. The maximum absolute atomic E-state index is 4.77. The summed E-state index contributed by atoms with van der Waals surface area (Å²) in [5.74, 6) is 0. The van der Waals surface area contributed by atoms with Gasteiger partial charge in [0.2, 0.25) is 0 Å². The molecule has 0 fully saturated rings. The molecule has 26 heavy (non-hydrogen) atoms. The van der Waals surface area contributed by atoms with Gasteiger partial charge in [-0.2, -0.15) is 5.10 Å². The zero-order chi connectivity index (χ0) is 18.1.